The van der Waals surface area contributed by atoms with Crippen molar-refractivity contribution in [2.45, 2.75) is 32.1 Å². The molecule has 1 heteroatoms. The minimum atomic E-state index is 0.301. The highest BCUT2D eigenvalue weighted by atomic mass is 16.1. The molecule has 0 heterocycles. The highest BCUT2D eigenvalue weighted by molar-refractivity contribution is 5.86. The van der Waals surface area contributed by atoms with Crippen LogP contribution in [0, 0.1) is 17.3 Å². The number of carbonyl (C=O) groups is 1. The molecule has 64 valence electrons. The topological polar surface area (TPSA) is 17.1 Å². The molecule has 0 aliphatic heterocycles. The number of fused-ring (bicyclic) bond motifs is 1. The summed E-state index contributed by atoms with van der Waals surface area (Å²) in [7, 11) is 0. The van der Waals surface area contributed by atoms with E-state index in [4.69, 9.17) is 0 Å². The predicted octanol–water partition coefficient (Wildman–Crippen LogP) is 2.32. The summed E-state index contributed by atoms with van der Waals surface area (Å²) in [5, 5.41) is 0. The summed E-state index contributed by atoms with van der Waals surface area (Å²) >= 11 is 0. The van der Waals surface area contributed by atoms with Gasteiger partial charge >= 0.3 is 0 Å². The van der Waals surface area contributed by atoms with E-state index in [0.29, 0.717) is 17.1 Å². The molecule has 3 atom stereocenters. The summed E-state index contributed by atoms with van der Waals surface area (Å²) in [6.07, 6.45) is 10.5. The fraction of sp³-hybridized carbons (Fsp3) is 0.727. The van der Waals surface area contributed by atoms with Gasteiger partial charge in [0.05, 0.1) is 0 Å². The molecule has 1 spiro atoms. The molecule has 0 radical (unpaired) electrons. The summed E-state index contributed by atoms with van der Waals surface area (Å²) in [4.78, 5) is 11.5. The van der Waals surface area contributed by atoms with E-state index in [2.05, 4.69) is 12.2 Å². The molecule has 12 heavy (non-hydrogen) atoms. The summed E-state index contributed by atoms with van der Waals surface area (Å²) in [5.41, 5.74) is 0.339. The van der Waals surface area contributed by atoms with E-state index < -0.39 is 0 Å². The lowest BCUT2D eigenvalue weighted by molar-refractivity contribution is -0.128. The molecule has 2 saturated carbocycles. The molecular weight excluding hydrogens is 148 g/mol. The van der Waals surface area contributed by atoms with E-state index in [1.165, 1.54) is 19.3 Å². The lowest BCUT2D eigenvalue weighted by atomic mass is 9.60. The van der Waals surface area contributed by atoms with Crippen molar-refractivity contribution in [2.24, 2.45) is 17.3 Å². The van der Waals surface area contributed by atoms with Gasteiger partial charge < -0.3 is 0 Å². The third-order valence-electron chi connectivity index (χ3n) is 4.12. The van der Waals surface area contributed by atoms with Crippen molar-refractivity contribution in [1.82, 2.24) is 0 Å². The molecule has 4 rings (SSSR count). The molecule has 2 bridgehead atoms. The smallest absolute Gasteiger partial charge is 0.140 e. The minimum absolute atomic E-state index is 0.301. The first-order valence-corrected chi connectivity index (χ1v) is 5.02. The number of hydrogen-bond acceptors (Lipinski definition) is 1. The van der Waals surface area contributed by atoms with Crippen molar-refractivity contribution < 1.29 is 4.79 Å². The molecule has 0 aromatic carbocycles. The van der Waals surface area contributed by atoms with Crippen LogP contribution in [0.1, 0.15) is 32.1 Å². The van der Waals surface area contributed by atoms with E-state index >= 15 is 0 Å². The van der Waals surface area contributed by atoms with Crippen LogP contribution in [0.15, 0.2) is 12.2 Å². The maximum atomic E-state index is 11.5. The molecule has 1 nitrogen and oxygen atoms in total. The zero-order valence-electron chi connectivity index (χ0n) is 7.25. The van der Waals surface area contributed by atoms with Gasteiger partial charge in [0.25, 0.3) is 0 Å². The zero-order chi connectivity index (χ0) is 8.18. The Bertz CT molecular complexity index is 266. The summed E-state index contributed by atoms with van der Waals surface area (Å²) in [6, 6.07) is 0. The summed E-state index contributed by atoms with van der Waals surface area (Å²) in [5.74, 6) is 1.66. The average molecular weight is 162 g/mol. The molecule has 3 unspecified atom stereocenters. The van der Waals surface area contributed by atoms with Gasteiger partial charge in [-0.15, -0.1) is 0 Å². The second-order valence-electron chi connectivity index (χ2n) is 4.67. The van der Waals surface area contributed by atoms with Crippen molar-refractivity contribution in [3.05, 3.63) is 12.2 Å². The Morgan fingerprint density at radius 3 is 3.25 bits per heavy atom. The van der Waals surface area contributed by atoms with Gasteiger partial charge in [-0.2, -0.15) is 0 Å². The van der Waals surface area contributed by atoms with Gasteiger partial charge in [-0.25, -0.2) is 0 Å². The van der Waals surface area contributed by atoms with Crippen LogP contribution in [0.2, 0.25) is 0 Å². The number of allylic oxidation sites excluding steroid dienone is 2. The molecule has 0 aromatic heterocycles. The van der Waals surface area contributed by atoms with Gasteiger partial charge in [0, 0.05) is 12.3 Å². The van der Waals surface area contributed by atoms with Crippen molar-refractivity contribution in [3.63, 3.8) is 0 Å². The van der Waals surface area contributed by atoms with E-state index in [1.54, 1.807) is 0 Å². The summed E-state index contributed by atoms with van der Waals surface area (Å²) < 4.78 is 0. The Balaban J connectivity index is 2.07. The molecule has 0 aromatic rings. The Labute approximate surface area is 72.8 Å². The van der Waals surface area contributed by atoms with Crippen LogP contribution in [0.5, 0.6) is 0 Å². The standard InChI is InChI=1S/C11H14O/c12-10-7-11-4-1-2-9(11)6-8(10)3-5-11/h3,5,8-9H,1-2,4,6-7H2. The van der Waals surface area contributed by atoms with Gasteiger partial charge in [0.15, 0.2) is 0 Å². The van der Waals surface area contributed by atoms with Crippen LogP contribution in [-0.4, -0.2) is 5.78 Å². The molecule has 0 N–H and O–H groups in total. The average Bonchev–Trinajstić information content (AvgIpc) is 2.46. The highest BCUT2D eigenvalue weighted by Crippen LogP contribution is 2.56. The number of rotatable bonds is 0. The minimum Gasteiger partial charge on any atom is -0.299 e. The highest BCUT2D eigenvalue weighted by Gasteiger charge is 2.50. The number of ketones is 1. The molecular formula is C11H14O. The molecule has 0 amide bonds. The van der Waals surface area contributed by atoms with Crippen molar-refractivity contribution in [3.8, 4) is 0 Å². The Morgan fingerprint density at radius 1 is 1.50 bits per heavy atom. The fourth-order valence-corrected chi connectivity index (χ4v) is 3.42. The van der Waals surface area contributed by atoms with E-state index in [-0.39, 0.29) is 0 Å². The van der Waals surface area contributed by atoms with E-state index in [0.717, 1.165) is 18.8 Å². The van der Waals surface area contributed by atoms with Gasteiger partial charge in [-0.05, 0) is 30.6 Å². The number of hydrogen-bond donors (Lipinski definition) is 0. The lowest BCUT2D eigenvalue weighted by Gasteiger charge is -2.43. The first-order valence-electron chi connectivity index (χ1n) is 5.02. The first-order chi connectivity index (χ1) is 5.80. The maximum Gasteiger partial charge on any atom is 0.140 e. The number of carbonyl (C=O) groups excluding carboxylic acids is 1. The van der Waals surface area contributed by atoms with E-state index in [9.17, 15) is 4.79 Å². The number of Topliss-reactive ketones (excluding diaryl/α,β-unsaturated/α-hetero) is 1. The third-order valence-corrected chi connectivity index (χ3v) is 4.12. The SMILES string of the molecule is O=C1CC23C=CC1CC2CCC3. The van der Waals surface area contributed by atoms with Crippen molar-refractivity contribution in [2.75, 3.05) is 0 Å². The van der Waals surface area contributed by atoms with Crippen LogP contribution in [0.4, 0.5) is 0 Å². The normalized spacial score (nSPS) is 49.8. The van der Waals surface area contributed by atoms with Crippen LogP contribution in [0.25, 0.3) is 0 Å². The lowest BCUT2D eigenvalue weighted by Crippen LogP contribution is -2.40. The molecule has 2 fully saturated rings. The Kier molecular flexibility index (Phi) is 1.15. The summed E-state index contributed by atoms with van der Waals surface area (Å²) in [6.45, 7) is 0. The Hall–Kier alpha value is -0.590. The van der Waals surface area contributed by atoms with Gasteiger partial charge in [0.1, 0.15) is 5.78 Å². The second kappa shape index (κ2) is 2.01. The van der Waals surface area contributed by atoms with E-state index in [1.807, 2.05) is 0 Å². The Morgan fingerprint density at radius 2 is 2.42 bits per heavy atom. The zero-order valence-corrected chi connectivity index (χ0v) is 7.25. The van der Waals surface area contributed by atoms with Gasteiger partial charge in [0.2, 0.25) is 0 Å². The largest absolute Gasteiger partial charge is 0.299 e. The van der Waals surface area contributed by atoms with Gasteiger partial charge in [-0.3, -0.25) is 4.79 Å². The molecule has 4 aliphatic carbocycles. The second-order valence-corrected chi connectivity index (χ2v) is 4.67. The van der Waals surface area contributed by atoms with Gasteiger partial charge in [-0.1, -0.05) is 18.6 Å². The molecule has 4 aliphatic rings. The fourth-order valence-electron chi connectivity index (χ4n) is 3.42. The third kappa shape index (κ3) is 0.675. The monoisotopic (exact) mass is 162 g/mol. The van der Waals surface area contributed by atoms with Crippen molar-refractivity contribution in [1.29, 1.82) is 0 Å². The van der Waals surface area contributed by atoms with Crippen LogP contribution >= 0.6 is 0 Å². The maximum absolute atomic E-state index is 11.5. The molecule has 0 saturated heterocycles. The van der Waals surface area contributed by atoms with Crippen LogP contribution in [0.3, 0.4) is 0 Å². The van der Waals surface area contributed by atoms with Crippen LogP contribution in [-0.2, 0) is 4.79 Å². The quantitative estimate of drug-likeness (QED) is 0.499. The predicted molar refractivity (Wildman–Crippen MR) is 46.6 cm³/mol. The van der Waals surface area contributed by atoms with Crippen LogP contribution < -0.4 is 0 Å². The first kappa shape index (κ1) is 6.88. The van der Waals surface area contributed by atoms with Crippen molar-refractivity contribution >= 4 is 5.78 Å².